The van der Waals surface area contributed by atoms with Gasteiger partial charge in [0, 0.05) is 25.6 Å². The molecule has 6 heteroatoms. The molecular formula is C16H19NO5. The molecule has 3 rings (SSSR count). The summed E-state index contributed by atoms with van der Waals surface area (Å²) in [4.78, 5) is 24.4. The number of nitrogens with zero attached hydrogens (tertiary/aromatic N) is 1. The van der Waals surface area contributed by atoms with Crippen molar-refractivity contribution < 1.29 is 24.5 Å². The van der Waals surface area contributed by atoms with Crippen LogP contribution in [0.15, 0.2) is 24.3 Å². The van der Waals surface area contributed by atoms with E-state index in [0.29, 0.717) is 26.3 Å². The topological polar surface area (TPSA) is 87.1 Å². The molecule has 2 N–H and O–H groups in total. The highest BCUT2D eigenvalue weighted by Gasteiger charge is 2.55. The van der Waals surface area contributed by atoms with Gasteiger partial charge in [0.15, 0.2) is 0 Å². The monoisotopic (exact) mass is 305 g/mol. The van der Waals surface area contributed by atoms with Crippen molar-refractivity contribution in [2.24, 2.45) is 11.3 Å². The molecule has 0 aliphatic carbocycles. The summed E-state index contributed by atoms with van der Waals surface area (Å²) in [5, 5.41) is 18.3. The summed E-state index contributed by atoms with van der Waals surface area (Å²) in [5.41, 5.74) is 1.07. The lowest BCUT2D eigenvalue weighted by Crippen LogP contribution is -2.38. The van der Waals surface area contributed by atoms with Crippen molar-refractivity contribution in [3.63, 3.8) is 0 Å². The molecule has 1 aromatic carbocycles. The van der Waals surface area contributed by atoms with Gasteiger partial charge in [-0.3, -0.25) is 14.5 Å². The first-order chi connectivity index (χ1) is 10.5. The van der Waals surface area contributed by atoms with E-state index >= 15 is 0 Å². The number of likely N-dealkylation sites (tertiary alicyclic amines) is 1. The van der Waals surface area contributed by atoms with Crippen LogP contribution in [-0.4, -0.2) is 53.4 Å². The summed E-state index contributed by atoms with van der Waals surface area (Å²) in [5.74, 6) is -1.56. The van der Waals surface area contributed by atoms with Crippen LogP contribution in [0.5, 0.6) is 0 Å². The highest BCUT2D eigenvalue weighted by atomic mass is 16.5. The van der Waals surface area contributed by atoms with Gasteiger partial charge >= 0.3 is 11.9 Å². The van der Waals surface area contributed by atoms with Crippen molar-refractivity contribution in [3.8, 4) is 0 Å². The first kappa shape index (κ1) is 15.0. The van der Waals surface area contributed by atoms with Gasteiger partial charge in [-0.1, -0.05) is 24.3 Å². The van der Waals surface area contributed by atoms with Crippen LogP contribution >= 0.6 is 0 Å². The molecule has 0 unspecified atom stereocenters. The van der Waals surface area contributed by atoms with Crippen LogP contribution in [-0.2, 0) is 27.3 Å². The number of hydrogen-bond acceptors (Lipinski definition) is 4. The van der Waals surface area contributed by atoms with Gasteiger partial charge in [0.25, 0.3) is 0 Å². The number of carboxylic acids is 2. The molecule has 0 radical (unpaired) electrons. The standard InChI is InChI=1S/C16H19NO5/c18-14(19)5-11-1-3-12(4-2-11)6-17-7-13-8-22-10-16(13,9-17)15(20)21/h1-4,13H,5-10H2,(H,18,19)(H,20,21)/t13-,16-/m1/s1. The molecule has 2 atom stereocenters. The van der Waals surface area contributed by atoms with Gasteiger partial charge in [-0.25, -0.2) is 0 Å². The van der Waals surface area contributed by atoms with Crippen LogP contribution in [0.3, 0.4) is 0 Å². The van der Waals surface area contributed by atoms with Gasteiger partial charge < -0.3 is 14.9 Å². The average Bonchev–Trinajstić information content (AvgIpc) is 2.98. The normalized spacial score (nSPS) is 27.7. The Labute approximate surface area is 128 Å². The molecule has 1 aromatic rings. The Balaban J connectivity index is 1.65. The van der Waals surface area contributed by atoms with Gasteiger partial charge in [0.1, 0.15) is 5.41 Å². The zero-order chi connectivity index (χ0) is 15.7. The maximum absolute atomic E-state index is 11.6. The summed E-state index contributed by atoms with van der Waals surface area (Å²) in [6.45, 7) is 2.72. The number of rotatable bonds is 5. The van der Waals surface area contributed by atoms with Crippen LogP contribution in [0, 0.1) is 11.3 Å². The molecule has 0 spiro atoms. The van der Waals surface area contributed by atoms with Gasteiger partial charge in [0.2, 0.25) is 0 Å². The van der Waals surface area contributed by atoms with Crippen molar-refractivity contribution in [1.82, 2.24) is 4.90 Å². The highest BCUT2D eigenvalue weighted by molar-refractivity contribution is 5.76. The summed E-state index contributed by atoms with van der Waals surface area (Å²) in [6, 6.07) is 7.46. The van der Waals surface area contributed by atoms with E-state index in [-0.39, 0.29) is 12.3 Å². The highest BCUT2D eigenvalue weighted by Crippen LogP contribution is 2.41. The molecule has 2 saturated heterocycles. The summed E-state index contributed by atoms with van der Waals surface area (Å²) >= 11 is 0. The van der Waals surface area contributed by atoms with Crippen LogP contribution in [0.25, 0.3) is 0 Å². The van der Waals surface area contributed by atoms with E-state index < -0.39 is 17.4 Å². The van der Waals surface area contributed by atoms with E-state index in [0.717, 1.165) is 17.7 Å². The third-order valence-electron chi connectivity index (χ3n) is 4.65. The van der Waals surface area contributed by atoms with Crippen molar-refractivity contribution in [1.29, 1.82) is 0 Å². The number of fused-ring (bicyclic) bond motifs is 1. The number of aliphatic carboxylic acids is 2. The molecule has 118 valence electrons. The van der Waals surface area contributed by atoms with Crippen LogP contribution in [0.2, 0.25) is 0 Å². The van der Waals surface area contributed by atoms with E-state index in [1.165, 1.54) is 0 Å². The molecule has 2 aliphatic rings. The molecule has 0 aromatic heterocycles. The zero-order valence-electron chi connectivity index (χ0n) is 12.2. The van der Waals surface area contributed by atoms with Crippen molar-refractivity contribution in [2.75, 3.05) is 26.3 Å². The number of hydrogen-bond donors (Lipinski definition) is 2. The molecule has 22 heavy (non-hydrogen) atoms. The van der Waals surface area contributed by atoms with E-state index in [2.05, 4.69) is 4.90 Å². The van der Waals surface area contributed by atoms with E-state index in [9.17, 15) is 14.7 Å². The number of carbonyl (C=O) groups is 2. The lowest BCUT2D eigenvalue weighted by atomic mass is 9.81. The van der Waals surface area contributed by atoms with Crippen LogP contribution in [0.4, 0.5) is 0 Å². The summed E-state index contributed by atoms with van der Waals surface area (Å²) < 4.78 is 5.36. The Hall–Kier alpha value is -1.92. The third-order valence-corrected chi connectivity index (χ3v) is 4.65. The van der Waals surface area contributed by atoms with Gasteiger partial charge in [0.05, 0.1) is 19.6 Å². The van der Waals surface area contributed by atoms with Crippen molar-refractivity contribution in [2.45, 2.75) is 13.0 Å². The fourth-order valence-corrected chi connectivity index (χ4v) is 3.46. The average molecular weight is 305 g/mol. The van der Waals surface area contributed by atoms with Gasteiger partial charge in [-0.2, -0.15) is 0 Å². The number of carboxylic acid groups (broad SMARTS) is 2. The molecule has 0 saturated carbocycles. The second kappa shape index (κ2) is 5.70. The third kappa shape index (κ3) is 2.71. The van der Waals surface area contributed by atoms with E-state index in [4.69, 9.17) is 9.84 Å². The quantitative estimate of drug-likeness (QED) is 0.838. The second-order valence-electron chi connectivity index (χ2n) is 6.23. The molecule has 6 nitrogen and oxygen atoms in total. The lowest BCUT2D eigenvalue weighted by Gasteiger charge is -2.22. The molecule has 2 heterocycles. The van der Waals surface area contributed by atoms with Crippen molar-refractivity contribution in [3.05, 3.63) is 35.4 Å². The fraction of sp³-hybridized carbons (Fsp3) is 0.500. The second-order valence-corrected chi connectivity index (χ2v) is 6.23. The molecule has 0 bridgehead atoms. The predicted octanol–water partition coefficient (Wildman–Crippen LogP) is 0.847. The maximum Gasteiger partial charge on any atom is 0.313 e. The number of benzene rings is 1. The minimum atomic E-state index is -0.844. The minimum absolute atomic E-state index is 0.0194. The first-order valence-electron chi connectivity index (χ1n) is 7.33. The predicted molar refractivity (Wildman–Crippen MR) is 77.4 cm³/mol. The Morgan fingerprint density at radius 2 is 1.91 bits per heavy atom. The Morgan fingerprint density at radius 1 is 1.23 bits per heavy atom. The van der Waals surface area contributed by atoms with E-state index in [1.54, 1.807) is 0 Å². The Kier molecular flexibility index (Phi) is 3.88. The zero-order valence-corrected chi connectivity index (χ0v) is 12.2. The van der Waals surface area contributed by atoms with Crippen LogP contribution in [0.1, 0.15) is 11.1 Å². The van der Waals surface area contributed by atoms with Gasteiger partial charge in [-0.15, -0.1) is 0 Å². The molecule has 2 fully saturated rings. The Bertz CT molecular complexity index is 585. The first-order valence-corrected chi connectivity index (χ1v) is 7.33. The van der Waals surface area contributed by atoms with Gasteiger partial charge in [-0.05, 0) is 11.1 Å². The summed E-state index contributed by atoms with van der Waals surface area (Å²) in [6.07, 6.45) is 0.0194. The molecular weight excluding hydrogens is 286 g/mol. The summed E-state index contributed by atoms with van der Waals surface area (Å²) in [7, 11) is 0. The lowest BCUT2D eigenvalue weighted by molar-refractivity contribution is -0.149. The fourth-order valence-electron chi connectivity index (χ4n) is 3.46. The smallest absolute Gasteiger partial charge is 0.313 e. The number of ether oxygens (including phenoxy) is 1. The largest absolute Gasteiger partial charge is 0.481 e. The minimum Gasteiger partial charge on any atom is -0.481 e. The maximum atomic E-state index is 11.6. The van der Waals surface area contributed by atoms with Crippen molar-refractivity contribution >= 4 is 11.9 Å². The Morgan fingerprint density at radius 3 is 2.50 bits per heavy atom. The SMILES string of the molecule is O=C(O)Cc1ccc(CN2C[C@@H]3COC[C@]3(C(=O)O)C2)cc1. The molecule has 0 amide bonds. The molecule has 2 aliphatic heterocycles. The van der Waals surface area contributed by atoms with Crippen LogP contribution < -0.4 is 0 Å². The van der Waals surface area contributed by atoms with E-state index in [1.807, 2.05) is 24.3 Å².